The van der Waals surface area contributed by atoms with Gasteiger partial charge in [-0.05, 0) is 56.7 Å². The minimum Gasteiger partial charge on any atom is -0.349 e. The highest BCUT2D eigenvalue weighted by Gasteiger charge is 2.30. The van der Waals surface area contributed by atoms with Gasteiger partial charge in [0.1, 0.15) is 0 Å². The highest BCUT2D eigenvalue weighted by Crippen LogP contribution is 2.27. The third kappa shape index (κ3) is 5.12. The second-order valence-corrected chi connectivity index (χ2v) is 11.0. The molecule has 7 nitrogen and oxygen atoms in total. The zero-order chi connectivity index (χ0) is 21.8. The molecule has 3 aliphatic rings. The fourth-order valence-corrected chi connectivity index (χ4v) is 6.56. The summed E-state index contributed by atoms with van der Waals surface area (Å²) in [5.41, 5.74) is 0.362. The van der Waals surface area contributed by atoms with Crippen molar-refractivity contribution in [1.82, 2.24) is 14.5 Å². The number of piperidine rings is 1. The van der Waals surface area contributed by atoms with E-state index in [9.17, 15) is 18.0 Å². The molecule has 0 spiro atoms. The highest BCUT2D eigenvalue weighted by atomic mass is 32.2. The monoisotopic (exact) mass is 447 g/mol. The third-order valence-corrected chi connectivity index (χ3v) is 8.79. The molecule has 1 N–H and O–H groups in total. The van der Waals surface area contributed by atoms with Gasteiger partial charge in [-0.1, -0.05) is 25.3 Å². The van der Waals surface area contributed by atoms with Gasteiger partial charge in [0.25, 0.3) is 5.91 Å². The fraction of sp³-hybridized carbons (Fsp3) is 0.652. The number of rotatable bonds is 5. The van der Waals surface area contributed by atoms with Crippen molar-refractivity contribution in [3.05, 3.63) is 29.8 Å². The molecule has 0 radical (unpaired) electrons. The molecule has 0 aromatic heterocycles. The first-order valence-corrected chi connectivity index (χ1v) is 13.1. The molecule has 0 unspecified atom stereocenters. The van der Waals surface area contributed by atoms with Crippen molar-refractivity contribution < 1.29 is 18.0 Å². The first-order valence-electron chi connectivity index (χ1n) is 11.6. The smallest absolute Gasteiger partial charge is 0.251 e. The van der Waals surface area contributed by atoms with Crippen molar-refractivity contribution >= 4 is 21.8 Å². The van der Waals surface area contributed by atoms with Gasteiger partial charge in [-0.3, -0.25) is 9.59 Å². The van der Waals surface area contributed by atoms with Crippen molar-refractivity contribution in [2.24, 2.45) is 5.92 Å². The molecule has 170 valence electrons. The normalized spacial score (nSPS) is 21.9. The van der Waals surface area contributed by atoms with Crippen molar-refractivity contribution in [2.45, 2.75) is 68.7 Å². The molecule has 31 heavy (non-hydrogen) atoms. The predicted molar refractivity (Wildman–Crippen MR) is 118 cm³/mol. The first-order chi connectivity index (χ1) is 14.9. The van der Waals surface area contributed by atoms with Gasteiger partial charge in [-0.2, -0.15) is 4.31 Å². The maximum atomic E-state index is 12.8. The maximum absolute atomic E-state index is 12.8. The minimum atomic E-state index is -3.55. The standard InChI is InChI=1S/C23H33N3O4S/c27-22(19-9-6-10-21(17-19)31(29,30)26-13-4-5-14-26)24-20-11-15-25(16-12-20)23(28)18-7-2-1-3-8-18/h6,9-10,17-18,20H,1-5,7-8,11-16H2,(H,24,27). The van der Waals surface area contributed by atoms with E-state index >= 15 is 0 Å². The van der Waals surface area contributed by atoms with Crippen molar-refractivity contribution in [1.29, 1.82) is 0 Å². The van der Waals surface area contributed by atoms with Crippen LogP contribution >= 0.6 is 0 Å². The van der Waals surface area contributed by atoms with Crippen LogP contribution in [0.2, 0.25) is 0 Å². The molecule has 1 aromatic rings. The Kier molecular flexibility index (Phi) is 6.96. The molecule has 0 bridgehead atoms. The second kappa shape index (κ2) is 9.69. The molecule has 2 heterocycles. The maximum Gasteiger partial charge on any atom is 0.251 e. The summed E-state index contributed by atoms with van der Waals surface area (Å²) in [7, 11) is -3.55. The quantitative estimate of drug-likeness (QED) is 0.752. The van der Waals surface area contributed by atoms with Gasteiger partial charge < -0.3 is 10.2 Å². The van der Waals surface area contributed by atoms with E-state index in [4.69, 9.17) is 0 Å². The van der Waals surface area contributed by atoms with Crippen LogP contribution in [0.4, 0.5) is 0 Å². The van der Waals surface area contributed by atoms with Gasteiger partial charge in [0.2, 0.25) is 15.9 Å². The Morgan fingerprint density at radius 1 is 0.871 bits per heavy atom. The number of nitrogens with one attached hydrogen (secondary N) is 1. The Hall–Kier alpha value is -1.93. The van der Waals surface area contributed by atoms with Crippen LogP contribution < -0.4 is 5.32 Å². The van der Waals surface area contributed by atoms with E-state index in [1.165, 1.54) is 16.8 Å². The van der Waals surface area contributed by atoms with Gasteiger partial charge in [-0.15, -0.1) is 0 Å². The summed E-state index contributed by atoms with van der Waals surface area (Å²) < 4.78 is 27.1. The lowest BCUT2D eigenvalue weighted by atomic mass is 9.87. The Bertz CT molecular complexity index is 897. The van der Waals surface area contributed by atoms with Crippen LogP contribution in [0.3, 0.4) is 0 Å². The van der Waals surface area contributed by atoms with E-state index in [0.29, 0.717) is 31.7 Å². The fourth-order valence-electron chi connectivity index (χ4n) is 5.00. The number of nitrogens with zero attached hydrogens (tertiary/aromatic N) is 2. The Morgan fingerprint density at radius 2 is 1.55 bits per heavy atom. The topological polar surface area (TPSA) is 86.8 Å². The summed E-state index contributed by atoms with van der Waals surface area (Å²) in [6.45, 7) is 2.42. The Morgan fingerprint density at radius 3 is 2.23 bits per heavy atom. The first kappa shape index (κ1) is 22.3. The van der Waals surface area contributed by atoms with Crippen LogP contribution in [0.25, 0.3) is 0 Å². The van der Waals surface area contributed by atoms with Crippen LogP contribution in [-0.2, 0) is 14.8 Å². The zero-order valence-electron chi connectivity index (χ0n) is 18.1. The molecular weight excluding hydrogens is 414 g/mol. The summed E-state index contributed by atoms with van der Waals surface area (Å²) in [5, 5.41) is 3.04. The predicted octanol–water partition coefficient (Wildman–Crippen LogP) is 2.77. The highest BCUT2D eigenvalue weighted by molar-refractivity contribution is 7.89. The average molecular weight is 448 g/mol. The molecule has 0 atom stereocenters. The molecule has 2 aliphatic heterocycles. The van der Waals surface area contributed by atoms with Crippen LogP contribution in [-0.4, -0.2) is 61.7 Å². The third-order valence-electron chi connectivity index (χ3n) is 6.90. The molecular formula is C23H33N3O4S. The lowest BCUT2D eigenvalue weighted by Gasteiger charge is -2.35. The second-order valence-electron chi connectivity index (χ2n) is 9.05. The summed E-state index contributed by atoms with van der Waals surface area (Å²) in [6.07, 6.45) is 8.76. The number of hydrogen-bond acceptors (Lipinski definition) is 4. The summed E-state index contributed by atoms with van der Waals surface area (Å²) in [6, 6.07) is 6.32. The molecule has 2 amide bonds. The molecule has 8 heteroatoms. The lowest BCUT2D eigenvalue weighted by molar-refractivity contribution is -0.137. The van der Waals surface area contributed by atoms with Gasteiger partial charge in [-0.25, -0.2) is 8.42 Å². The summed E-state index contributed by atoms with van der Waals surface area (Å²) >= 11 is 0. The number of carbonyl (C=O) groups excluding carboxylic acids is 2. The molecule has 1 aliphatic carbocycles. The largest absolute Gasteiger partial charge is 0.349 e. The average Bonchev–Trinajstić information content (AvgIpc) is 3.36. The number of hydrogen-bond donors (Lipinski definition) is 1. The molecule has 3 fully saturated rings. The number of benzene rings is 1. The van der Waals surface area contributed by atoms with E-state index in [-0.39, 0.29) is 28.7 Å². The van der Waals surface area contributed by atoms with Crippen LogP contribution in [0.1, 0.15) is 68.1 Å². The minimum absolute atomic E-state index is 0.00162. The van der Waals surface area contributed by atoms with E-state index in [0.717, 1.165) is 51.4 Å². The Balaban J connectivity index is 1.32. The van der Waals surface area contributed by atoms with Gasteiger partial charge in [0.05, 0.1) is 4.90 Å². The van der Waals surface area contributed by atoms with Crippen LogP contribution in [0, 0.1) is 5.92 Å². The van der Waals surface area contributed by atoms with Crippen LogP contribution in [0.5, 0.6) is 0 Å². The van der Waals surface area contributed by atoms with E-state index in [1.807, 2.05) is 4.90 Å². The zero-order valence-corrected chi connectivity index (χ0v) is 18.9. The van der Waals surface area contributed by atoms with Gasteiger partial charge in [0, 0.05) is 43.7 Å². The van der Waals surface area contributed by atoms with Gasteiger partial charge in [0.15, 0.2) is 0 Å². The molecule has 2 saturated heterocycles. The van der Waals surface area contributed by atoms with Crippen molar-refractivity contribution in [3.8, 4) is 0 Å². The number of likely N-dealkylation sites (tertiary alicyclic amines) is 1. The van der Waals surface area contributed by atoms with Gasteiger partial charge >= 0.3 is 0 Å². The molecule has 1 aromatic carbocycles. The van der Waals surface area contributed by atoms with Crippen molar-refractivity contribution in [2.75, 3.05) is 26.2 Å². The molecule has 1 saturated carbocycles. The van der Waals surface area contributed by atoms with E-state index in [2.05, 4.69) is 5.32 Å². The number of carbonyl (C=O) groups is 2. The van der Waals surface area contributed by atoms with Crippen molar-refractivity contribution in [3.63, 3.8) is 0 Å². The number of amides is 2. The molecule has 4 rings (SSSR count). The van der Waals surface area contributed by atoms with Crippen LogP contribution in [0.15, 0.2) is 29.2 Å². The summed E-state index contributed by atoms with van der Waals surface area (Å²) in [5.74, 6) is 0.208. The SMILES string of the molecule is O=C(NC1CCN(C(=O)C2CCCCC2)CC1)c1cccc(S(=O)(=O)N2CCCC2)c1. The Labute approximate surface area is 185 Å². The van der Waals surface area contributed by atoms with E-state index < -0.39 is 10.0 Å². The lowest BCUT2D eigenvalue weighted by Crippen LogP contribution is -2.48. The summed E-state index contributed by atoms with van der Waals surface area (Å²) in [4.78, 5) is 27.6. The van der Waals surface area contributed by atoms with E-state index in [1.54, 1.807) is 18.2 Å². The number of sulfonamides is 1.